The van der Waals surface area contributed by atoms with Crippen LogP contribution in [0.15, 0.2) is 39.5 Å². The van der Waals surface area contributed by atoms with Crippen molar-refractivity contribution in [2.45, 2.75) is 38.7 Å². The van der Waals surface area contributed by atoms with Crippen LogP contribution in [0.25, 0.3) is 21.7 Å². The van der Waals surface area contributed by atoms with Crippen LogP contribution in [0.2, 0.25) is 0 Å². The third kappa shape index (κ3) is 2.64. The van der Waals surface area contributed by atoms with Crippen molar-refractivity contribution in [1.29, 1.82) is 0 Å². The normalized spacial score (nSPS) is 14.8. The molecule has 0 fully saturated rings. The van der Waals surface area contributed by atoms with Gasteiger partial charge >= 0.3 is 11.6 Å². The van der Waals surface area contributed by atoms with Crippen LogP contribution in [0.5, 0.6) is 5.75 Å². The highest BCUT2D eigenvalue weighted by atomic mass is 16.6. The van der Waals surface area contributed by atoms with E-state index >= 15 is 0 Å². The van der Waals surface area contributed by atoms with E-state index in [0.29, 0.717) is 11.3 Å². The van der Waals surface area contributed by atoms with Gasteiger partial charge in [-0.05, 0) is 50.3 Å². The maximum Gasteiger partial charge on any atom is 0.346 e. The van der Waals surface area contributed by atoms with Gasteiger partial charge in [0.1, 0.15) is 11.3 Å². The number of esters is 1. The first-order chi connectivity index (χ1) is 12.6. The Labute approximate surface area is 150 Å². The molecule has 134 valence electrons. The maximum atomic E-state index is 12.5. The van der Waals surface area contributed by atoms with Gasteiger partial charge in [-0.15, -0.1) is 0 Å². The number of aryl methyl sites for hydroxylation is 1. The average Bonchev–Trinajstić information content (AvgIpc) is 2.67. The van der Waals surface area contributed by atoms with Crippen LogP contribution in [-0.2, 0) is 22.4 Å². The maximum absolute atomic E-state index is 12.5. The van der Waals surface area contributed by atoms with Crippen molar-refractivity contribution in [3.05, 3.63) is 51.9 Å². The number of carbonyl (C=O) groups excluding carboxylic acids is 1. The largest absolute Gasteiger partial charge is 0.478 e. The first-order valence-electron chi connectivity index (χ1n) is 8.85. The Morgan fingerprint density at radius 2 is 1.77 bits per heavy atom. The van der Waals surface area contributed by atoms with Gasteiger partial charge in [0.2, 0.25) is 0 Å². The molecule has 0 aliphatic heterocycles. The lowest BCUT2D eigenvalue weighted by Crippen LogP contribution is -2.24. The molecule has 1 atom stereocenters. The van der Waals surface area contributed by atoms with E-state index in [1.54, 1.807) is 13.0 Å². The summed E-state index contributed by atoms with van der Waals surface area (Å²) in [6, 6.07) is 9.49. The van der Waals surface area contributed by atoms with Crippen molar-refractivity contribution >= 4 is 27.7 Å². The van der Waals surface area contributed by atoms with Crippen molar-refractivity contribution in [3.63, 3.8) is 0 Å². The van der Waals surface area contributed by atoms with Crippen molar-refractivity contribution in [2.75, 3.05) is 7.11 Å². The molecule has 0 amide bonds. The molecule has 0 spiro atoms. The molecule has 5 heteroatoms. The summed E-state index contributed by atoms with van der Waals surface area (Å²) < 4.78 is 16.2. The second-order valence-corrected chi connectivity index (χ2v) is 6.63. The Kier molecular flexibility index (Phi) is 4.15. The second-order valence-electron chi connectivity index (χ2n) is 6.63. The molecule has 3 aromatic rings. The predicted octanol–water partition coefficient (Wildman–Crippen LogP) is 3.77. The zero-order chi connectivity index (χ0) is 18.3. The molecular weight excluding hydrogens is 332 g/mol. The highest BCUT2D eigenvalue weighted by molar-refractivity contribution is 6.07. The van der Waals surface area contributed by atoms with Crippen molar-refractivity contribution in [2.24, 2.45) is 0 Å². The second kappa shape index (κ2) is 6.48. The number of methoxy groups -OCH3 is 1. The van der Waals surface area contributed by atoms with Crippen LogP contribution in [0.1, 0.15) is 30.9 Å². The molecular formula is C21H20O5. The number of hydrogen-bond donors (Lipinski definition) is 0. The van der Waals surface area contributed by atoms with Gasteiger partial charge in [-0.25, -0.2) is 9.59 Å². The number of ether oxygens (including phenoxy) is 2. The number of benzene rings is 2. The molecule has 0 radical (unpaired) electrons. The minimum atomic E-state index is -0.725. The minimum absolute atomic E-state index is 0.242. The molecule has 1 aliphatic carbocycles. The van der Waals surface area contributed by atoms with E-state index in [2.05, 4.69) is 0 Å². The van der Waals surface area contributed by atoms with E-state index in [1.165, 1.54) is 7.11 Å². The zero-order valence-electron chi connectivity index (χ0n) is 14.8. The van der Waals surface area contributed by atoms with Crippen LogP contribution in [0.3, 0.4) is 0 Å². The van der Waals surface area contributed by atoms with Gasteiger partial charge < -0.3 is 13.9 Å². The summed E-state index contributed by atoms with van der Waals surface area (Å²) in [5.74, 6) is 0.117. The lowest BCUT2D eigenvalue weighted by atomic mass is 9.90. The molecule has 26 heavy (non-hydrogen) atoms. The van der Waals surface area contributed by atoms with Gasteiger partial charge in [0.25, 0.3) is 0 Å². The monoisotopic (exact) mass is 352 g/mol. The number of fused-ring (bicyclic) bond motifs is 5. The van der Waals surface area contributed by atoms with Crippen LogP contribution in [0.4, 0.5) is 0 Å². The molecule has 4 rings (SSSR count). The highest BCUT2D eigenvalue weighted by Crippen LogP contribution is 2.35. The fraction of sp³-hybridized carbons (Fsp3) is 0.333. The van der Waals surface area contributed by atoms with Gasteiger partial charge in [-0.1, -0.05) is 18.2 Å². The Bertz CT molecular complexity index is 1060. The number of hydrogen-bond acceptors (Lipinski definition) is 5. The molecule has 0 unspecified atom stereocenters. The summed E-state index contributed by atoms with van der Waals surface area (Å²) >= 11 is 0. The third-order valence-corrected chi connectivity index (χ3v) is 5.04. The van der Waals surface area contributed by atoms with Gasteiger partial charge in [-0.3, -0.25) is 0 Å². The summed E-state index contributed by atoms with van der Waals surface area (Å²) in [6.45, 7) is 1.64. The van der Waals surface area contributed by atoms with Crippen LogP contribution < -0.4 is 10.4 Å². The van der Waals surface area contributed by atoms with Crippen molar-refractivity contribution < 1.29 is 18.7 Å². The van der Waals surface area contributed by atoms with Crippen molar-refractivity contribution in [1.82, 2.24) is 0 Å². The zero-order valence-corrected chi connectivity index (χ0v) is 14.8. The van der Waals surface area contributed by atoms with Gasteiger partial charge in [0.05, 0.1) is 7.11 Å². The molecule has 2 aromatic carbocycles. The Balaban J connectivity index is 1.92. The van der Waals surface area contributed by atoms with Crippen LogP contribution >= 0.6 is 0 Å². The summed E-state index contributed by atoms with van der Waals surface area (Å²) in [7, 11) is 1.33. The van der Waals surface area contributed by atoms with Crippen molar-refractivity contribution in [3.8, 4) is 5.75 Å². The summed E-state index contributed by atoms with van der Waals surface area (Å²) in [5.41, 5.74) is 2.27. The highest BCUT2D eigenvalue weighted by Gasteiger charge is 2.21. The Hall–Kier alpha value is -2.82. The average molecular weight is 352 g/mol. The molecule has 0 saturated heterocycles. The smallest absolute Gasteiger partial charge is 0.346 e. The molecule has 0 bridgehead atoms. The van der Waals surface area contributed by atoms with E-state index in [1.807, 2.05) is 24.3 Å². The molecule has 1 heterocycles. The topological polar surface area (TPSA) is 65.7 Å². The Morgan fingerprint density at radius 1 is 1.04 bits per heavy atom. The minimum Gasteiger partial charge on any atom is -0.478 e. The quantitative estimate of drug-likeness (QED) is 0.408. The molecule has 1 aliphatic rings. The molecule has 0 N–H and O–H groups in total. The van der Waals surface area contributed by atoms with Gasteiger partial charge in [0, 0.05) is 21.7 Å². The summed E-state index contributed by atoms with van der Waals surface area (Å²) in [6.07, 6.45) is 3.07. The number of rotatable bonds is 3. The van der Waals surface area contributed by atoms with Gasteiger partial charge in [-0.2, -0.15) is 0 Å². The molecule has 5 nitrogen and oxygen atoms in total. The summed E-state index contributed by atoms with van der Waals surface area (Å²) in [4.78, 5) is 24.1. The summed E-state index contributed by atoms with van der Waals surface area (Å²) in [5, 5.41) is 2.60. The third-order valence-electron chi connectivity index (χ3n) is 5.04. The van der Waals surface area contributed by atoms with E-state index in [-0.39, 0.29) is 5.63 Å². The first-order valence-corrected chi connectivity index (χ1v) is 8.85. The van der Waals surface area contributed by atoms with E-state index < -0.39 is 12.1 Å². The lowest BCUT2D eigenvalue weighted by Gasteiger charge is -2.18. The van der Waals surface area contributed by atoms with Crippen LogP contribution in [-0.4, -0.2) is 19.2 Å². The predicted molar refractivity (Wildman–Crippen MR) is 98.7 cm³/mol. The first kappa shape index (κ1) is 16.6. The lowest BCUT2D eigenvalue weighted by molar-refractivity contribution is -0.147. The Morgan fingerprint density at radius 3 is 2.54 bits per heavy atom. The fourth-order valence-electron chi connectivity index (χ4n) is 3.74. The fourth-order valence-corrected chi connectivity index (χ4v) is 3.74. The molecule has 0 saturated carbocycles. The standard InChI is InChI=1S/C21H20O5/c1-12(20(22)24-2)25-18-9-5-8-15-14(18)10-11-16-13-6-3-4-7-17(13)21(23)26-19(15)16/h5,8-12H,3-4,6-7H2,1-2H3/t12-/m0/s1. The molecule has 1 aromatic heterocycles. The van der Waals surface area contributed by atoms with Gasteiger partial charge in [0.15, 0.2) is 6.10 Å². The SMILES string of the molecule is COC(=O)[C@H](C)Oc1cccc2c1ccc1c3c(c(=O)oc12)CCCC3. The van der Waals surface area contributed by atoms with E-state index in [9.17, 15) is 9.59 Å². The van der Waals surface area contributed by atoms with E-state index in [0.717, 1.165) is 53.0 Å². The van der Waals surface area contributed by atoms with Crippen LogP contribution in [0, 0.1) is 0 Å². The number of carbonyl (C=O) groups is 1. The van der Waals surface area contributed by atoms with E-state index in [4.69, 9.17) is 13.9 Å².